The molecule has 11 heteroatoms. The number of alkyl halides is 3. The Balaban J connectivity index is 1.60. The van der Waals surface area contributed by atoms with Crippen molar-refractivity contribution in [2.24, 2.45) is 0 Å². The number of amides is 2. The first-order chi connectivity index (χ1) is 18.0. The summed E-state index contributed by atoms with van der Waals surface area (Å²) in [6.45, 7) is 3.92. The zero-order chi connectivity index (χ0) is 27.6. The molecule has 0 atom stereocenters. The van der Waals surface area contributed by atoms with Crippen LogP contribution in [0.4, 0.5) is 18.9 Å². The highest BCUT2D eigenvalue weighted by atomic mass is 79.9. The maximum absolute atomic E-state index is 13.5. The number of pyridine rings is 1. The predicted molar refractivity (Wildman–Crippen MR) is 141 cm³/mol. The molecule has 0 aliphatic carbocycles. The van der Waals surface area contributed by atoms with Crippen molar-refractivity contribution in [1.82, 2.24) is 20.1 Å². The molecular weight excluding hydrogens is 563 g/mol. The van der Waals surface area contributed by atoms with Crippen LogP contribution in [-0.2, 0) is 12.7 Å². The lowest BCUT2D eigenvalue weighted by molar-refractivity contribution is -0.140. The molecule has 0 aliphatic heterocycles. The van der Waals surface area contributed by atoms with Gasteiger partial charge in [0.25, 0.3) is 11.8 Å². The Kier molecular flexibility index (Phi) is 7.55. The third kappa shape index (κ3) is 5.70. The van der Waals surface area contributed by atoms with E-state index in [1.54, 1.807) is 54.9 Å². The van der Waals surface area contributed by atoms with Crippen molar-refractivity contribution in [2.75, 3.05) is 11.9 Å². The number of hydrogen-bond acceptors (Lipinski definition) is 4. The number of anilines is 1. The largest absolute Gasteiger partial charge is 0.433 e. The highest BCUT2D eigenvalue weighted by Crippen LogP contribution is 2.32. The third-order valence-electron chi connectivity index (χ3n) is 5.83. The molecule has 7 nitrogen and oxygen atoms in total. The quantitative estimate of drug-likeness (QED) is 0.294. The van der Waals surface area contributed by atoms with Crippen molar-refractivity contribution in [1.29, 1.82) is 0 Å². The minimum atomic E-state index is -4.72. The van der Waals surface area contributed by atoms with Gasteiger partial charge in [-0.1, -0.05) is 34.0 Å². The first-order valence-corrected chi connectivity index (χ1v) is 12.1. The van der Waals surface area contributed by atoms with Crippen molar-refractivity contribution in [2.45, 2.75) is 26.6 Å². The maximum atomic E-state index is 13.5. The second-order valence-corrected chi connectivity index (χ2v) is 9.37. The van der Waals surface area contributed by atoms with Gasteiger partial charge in [0.2, 0.25) is 0 Å². The summed E-state index contributed by atoms with van der Waals surface area (Å²) in [5.41, 5.74) is 1.55. The Bertz CT molecular complexity index is 1590. The molecule has 0 saturated carbocycles. The van der Waals surface area contributed by atoms with Crippen LogP contribution in [0.2, 0.25) is 0 Å². The van der Waals surface area contributed by atoms with E-state index in [4.69, 9.17) is 6.42 Å². The van der Waals surface area contributed by atoms with Crippen molar-refractivity contribution >= 4 is 44.3 Å². The average molecular weight is 584 g/mol. The molecule has 4 aromatic rings. The monoisotopic (exact) mass is 583 g/mol. The first-order valence-electron chi connectivity index (χ1n) is 11.3. The number of halogens is 4. The molecule has 2 aromatic carbocycles. The molecule has 4 rings (SSSR count). The molecule has 2 aromatic heterocycles. The van der Waals surface area contributed by atoms with E-state index in [0.29, 0.717) is 33.7 Å². The molecule has 194 valence electrons. The Morgan fingerprint density at radius 1 is 1.08 bits per heavy atom. The number of hydrogen-bond donors (Lipinski definition) is 2. The van der Waals surface area contributed by atoms with Crippen LogP contribution in [0.25, 0.3) is 10.9 Å². The van der Waals surface area contributed by atoms with E-state index in [1.807, 2.05) is 0 Å². The number of aryl methyl sites for hydroxylation is 1. The van der Waals surface area contributed by atoms with Gasteiger partial charge in [-0.3, -0.25) is 14.3 Å². The zero-order valence-electron chi connectivity index (χ0n) is 20.3. The van der Waals surface area contributed by atoms with Gasteiger partial charge in [0.05, 0.1) is 41.2 Å². The molecule has 0 saturated heterocycles. The van der Waals surface area contributed by atoms with E-state index < -0.39 is 17.8 Å². The normalized spacial score (nSPS) is 11.3. The van der Waals surface area contributed by atoms with Gasteiger partial charge in [0, 0.05) is 15.4 Å². The van der Waals surface area contributed by atoms with Crippen LogP contribution in [0.1, 0.15) is 43.4 Å². The van der Waals surface area contributed by atoms with Gasteiger partial charge in [-0.05, 0) is 55.8 Å². The van der Waals surface area contributed by atoms with Crippen molar-refractivity contribution in [3.8, 4) is 12.3 Å². The summed E-state index contributed by atoms with van der Waals surface area (Å²) in [5, 5.41) is 10.1. The Morgan fingerprint density at radius 2 is 1.79 bits per heavy atom. The third-order valence-corrected chi connectivity index (χ3v) is 6.32. The highest BCUT2D eigenvalue weighted by molar-refractivity contribution is 9.10. The molecule has 0 bridgehead atoms. The Morgan fingerprint density at radius 3 is 2.45 bits per heavy atom. The number of fused-ring (bicyclic) bond motifs is 1. The van der Waals surface area contributed by atoms with Crippen LogP contribution in [0.3, 0.4) is 0 Å². The number of terminal acetylenes is 1. The van der Waals surface area contributed by atoms with Gasteiger partial charge in [-0.15, -0.1) is 6.42 Å². The van der Waals surface area contributed by atoms with E-state index in [1.165, 1.54) is 6.07 Å². The van der Waals surface area contributed by atoms with Gasteiger partial charge in [-0.25, -0.2) is 4.98 Å². The zero-order valence-corrected chi connectivity index (χ0v) is 21.9. The topological polar surface area (TPSA) is 88.9 Å². The molecule has 2 heterocycles. The Hall–Kier alpha value is -4.17. The fourth-order valence-electron chi connectivity index (χ4n) is 3.91. The maximum Gasteiger partial charge on any atom is 0.433 e. The van der Waals surface area contributed by atoms with Crippen molar-refractivity contribution in [3.63, 3.8) is 0 Å². The summed E-state index contributed by atoms with van der Waals surface area (Å²) in [4.78, 5) is 29.0. The molecule has 0 aliphatic rings. The molecule has 2 N–H and O–H groups in total. The lowest BCUT2D eigenvalue weighted by atomic mass is 10.1. The molecule has 2 amide bonds. The SMILES string of the molecule is C#CCNC(=O)c1ccc(Cn2nc(C)c(NC(=O)c3cc(C(F)(F)F)nc4ccc(Br)cc34)c2C)cc1. The van der Waals surface area contributed by atoms with Crippen LogP contribution < -0.4 is 10.6 Å². The number of nitrogens with one attached hydrogen (secondary N) is 2. The average Bonchev–Trinajstić information content (AvgIpc) is 3.13. The summed E-state index contributed by atoms with van der Waals surface area (Å²) in [6.07, 6.45) is 0.442. The van der Waals surface area contributed by atoms with E-state index in [9.17, 15) is 22.8 Å². The van der Waals surface area contributed by atoms with E-state index in [0.717, 1.165) is 11.6 Å². The van der Waals surface area contributed by atoms with Gasteiger partial charge < -0.3 is 10.6 Å². The minimum Gasteiger partial charge on any atom is -0.341 e. The Labute approximate surface area is 224 Å². The second-order valence-electron chi connectivity index (χ2n) is 8.46. The number of benzene rings is 2. The van der Waals surface area contributed by atoms with Crippen LogP contribution in [-0.4, -0.2) is 33.1 Å². The lowest BCUT2D eigenvalue weighted by Crippen LogP contribution is -2.23. The van der Waals surface area contributed by atoms with Crippen molar-refractivity contribution < 1.29 is 22.8 Å². The molecular formula is C27H21BrF3N5O2. The van der Waals surface area contributed by atoms with Gasteiger partial charge in [-0.2, -0.15) is 18.3 Å². The number of nitrogens with zero attached hydrogens (tertiary/aromatic N) is 3. The molecule has 38 heavy (non-hydrogen) atoms. The highest BCUT2D eigenvalue weighted by Gasteiger charge is 2.34. The summed E-state index contributed by atoms with van der Waals surface area (Å²) in [5.74, 6) is 1.35. The van der Waals surface area contributed by atoms with E-state index in [2.05, 4.69) is 42.6 Å². The first kappa shape index (κ1) is 26.9. The smallest absolute Gasteiger partial charge is 0.341 e. The second kappa shape index (κ2) is 10.7. The molecule has 0 radical (unpaired) electrons. The van der Waals surface area contributed by atoms with Gasteiger partial charge >= 0.3 is 6.18 Å². The van der Waals surface area contributed by atoms with Crippen LogP contribution in [0.15, 0.2) is 53.0 Å². The summed E-state index contributed by atoms with van der Waals surface area (Å²) < 4.78 is 42.7. The lowest BCUT2D eigenvalue weighted by Gasteiger charge is -2.13. The molecule has 0 unspecified atom stereocenters. The van der Waals surface area contributed by atoms with Gasteiger partial charge in [0.15, 0.2) is 0 Å². The van der Waals surface area contributed by atoms with E-state index in [-0.39, 0.29) is 28.9 Å². The van der Waals surface area contributed by atoms with Crippen LogP contribution in [0.5, 0.6) is 0 Å². The number of carbonyl (C=O) groups excluding carboxylic acids is 2. The molecule has 0 fully saturated rings. The summed E-state index contributed by atoms with van der Waals surface area (Å²) >= 11 is 3.30. The number of carbonyl (C=O) groups is 2. The predicted octanol–water partition coefficient (Wildman–Crippen LogP) is 5.49. The van der Waals surface area contributed by atoms with E-state index >= 15 is 0 Å². The van der Waals surface area contributed by atoms with Crippen LogP contribution >= 0.6 is 15.9 Å². The number of aromatic nitrogens is 3. The standard InChI is InChI=1S/C27H21BrF3N5O2/c1-4-11-32-25(37)18-7-5-17(6-8-18)14-36-16(3)24(15(2)35-36)34-26(38)21-13-23(27(29,30)31)33-22-10-9-19(28)12-20(21)22/h1,5-10,12-13H,11,14H2,2-3H3,(H,32,37)(H,34,38). The summed E-state index contributed by atoms with van der Waals surface area (Å²) in [6, 6.07) is 12.2. The fourth-order valence-corrected chi connectivity index (χ4v) is 4.27. The van der Waals surface area contributed by atoms with Gasteiger partial charge in [0.1, 0.15) is 5.69 Å². The molecule has 0 spiro atoms. The number of rotatable bonds is 6. The summed E-state index contributed by atoms with van der Waals surface area (Å²) in [7, 11) is 0. The fraction of sp³-hybridized carbons (Fsp3) is 0.185. The van der Waals surface area contributed by atoms with Crippen LogP contribution in [0, 0.1) is 26.2 Å². The van der Waals surface area contributed by atoms with Crippen molar-refractivity contribution in [3.05, 3.63) is 86.8 Å². The minimum absolute atomic E-state index is 0.0498.